The molecule has 4 N–H and O–H groups in total. The van der Waals surface area contributed by atoms with Crippen LogP contribution in [-0.4, -0.2) is 51.7 Å². The molecule has 0 saturated heterocycles. The van der Waals surface area contributed by atoms with E-state index in [1.54, 1.807) is 59.5 Å². The van der Waals surface area contributed by atoms with Gasteiger partial charge < -0.3 is 26.0 Å². The molecule has 0 spiro atoms. The van der Waals surface area contributed by atoms with Gasteiger partial charge in [0.2, 0.25) is 11.8 Å². The number of hydrogen-bond donors (Lipinski definition) is 3. The van der Waals surface area contributed by atoms with E-state index in [9.17, 15) is 45.5 Å². The number of carbonyl (C=O) groups is 4. The quantitative estimate of drug-likeness (QED) is 0.0751. The normalized spacial score (nSPS) is 13.1. The first-order valence-corrected chi connectivity index (χ1v) is 22.4. The Labute approximate surface area is 402 Å². The van der Waals surface area contributed by atoms with Gasteiger partial charge in [0.25, 0.3) is 5.91 Å². The van der Waals surface area contributed by atoms with Gasteiger partial charge in [-0.25, -0.2) is 4.79 Å². The van der Waals surface area contributed by atoms with Crippen molar-refractivity contribution >= 4 is 35.1 Å². The fraction of sp³-hybridized carbons (Fsp3) is 0.236. The molecule has 0 bridgehead atoms. The highest BCUT2D eigenvalue weighted by Gasteiger charge is 2.31. The van der Waals surface area contributed by atoms with E-state index >= 15 is 0 Å². The van der Waals surface area contributed by atoms with Crippen LogP contribution in [-0.2, 0) is 47.9 Å². The van der Waals surface area contributed by atoms with Crippen LogP contribution in [0, 0.1) is 5.92 Å². The van der Waals surface area contributed by atoms with E-state index in [0.29, 0.717) is 71.8 Å². The summed E-state index contributed by atoms with van der Waals surface area (Å²) in [4.78, 5) is 52.0. The number of hydrogen-bond acceptors (Lipinski definition) is 5. The van der Waals surface area contributed by atoms with Crippen LogP contribution in [0.5, 0.6) is 0 Å². The summed E-state index contributed by atoms with van der Waals surface area (Å²) in [6.07, 6.45) is -4.66. The van der Waals surface area contributed by atoms with E-state index in [1.807, 2.05) is 35.2 Å². The number of nitrogens with two attached hydrogens (primary N) is 1. The van der Waals surface area contributed by atoms with Crippen LogP contribution in [0.25, 0.3) is 22.3 Å². The molecule has 0 fully saturated rings. The number of nitrogen functional groups attached to an aromatic ring is 1. The number of carboxylic acids is 1. The molecule has 2 heterocycles. The zero-order chi connectivity index (χ0) is 50.8. The lowest BCUT2D eigenvalue weighted by Gasteiger charge is -2.29. The van der Waals surface area contributed by atoms with Gasteiger partial charge in [-0.3, -0.25) is 14.4 Å². The lowest BCUT2D eigenvalue weighted by molar-refractivity contribution is -0.138. The highest BCUT2D eigenvalue weighted by atomic mass is 19.4. The molecule has 0 aromatic heterocycles. The van der Waals surface area contributed by atoms with Crippen molar-refractivity contribution in [1.29, 1.82) is 0 Å². The standard InChI is InChI=1S/C27H23F3N2O2.C14H9F3O2.C14H20N2O/c1-2-5-25(33)32-15-14-19-16-22(13-10-20(19)17-32)31-26(34)24-7-4-3-6-23(24)18-8-11-21(12-9-18)27(28,29)30;15-14(16,17)10-7-5-9(6-8-10)11-3-1-2-4-12(11)13(18)19;1-10(2)7-14(17)16-6-5-11-8-13(15)4-3-12(11)9-16/h2-4,6-13,16H,1,5,14-15,17H2,(H,31,34);1-8H,(H,18,19);3-4,8,10H,5-7,9,15H2,1-2H3. The smallest absolute Gasteiger partial charge is 0.416 e. The van der Waals surface area contributed by atoms with E-state index in [-0.39, 0.29) is 23.3 Å². The van der Waals surface area contributed by atoms with E-state index in [4.69, 9.17) is 10.8 Å². The van der Waals surface area contributed by atoms with Crippen molar-refractivity contribution in [3.05, 3.63) is 191 Å². The number of nitrogens with zero attached hydrogens (tertiary/aromatic N) is 2. The maximum absolute atomic E-state index is 13.1. The summed E-state index contributed by atoms with van der Waals surface area (Å²) in [5.41, 5.74) is 12.6. The Kier molecular flexibility index (Phi) is 16.7. The van der Waals surface area contributed by atoms with E-state index in [1.165, 1.54) is 41.5 Å². The van der Waals surface area contributed by atoms with Gasteiger partial charge in [-0.15, -0.1) is 6.58 Å². The lowest BCUT2D eigenvalue weighted by atomic mass is 9.97. The Bertz CT molecular complexity index is 2840. The molecule has 6 aromatic rings. The number of fused-ring (bicyclic) bond motifs is 2. The SMILES string of the molecule is C=CCC(=O)N1CCc2cc(NC(=O)c3ccccc3-c3ccc(C(F)(F)F)cc3)ccc2C1.CC(C)CC(=O)N1CCc2cc(N)ccc2C1.O=C(O)c1ccccc1-c1ccc(C(F)(F)F)cc1. The van der Waals surface area contributed by atoms with Gasteiger partial charge in [0.05, 0.1) is 16.7 Å². The molecule has 0 unspecified atom stereocenters. The van der Waals surface area contributed by atoms with E-state index in [0.717, 1.165) is 60.6 Å². The van der Waals surface area contributed by atoms with Crippen LogP contribution in [0.1, 0.15) is 80.8 Å². The lowest BCUT2D eigenvalue weighted by Crippen LogP contribution is -2.36. The molecule has 3 amide bonds. The molecule has 0 saturated carbocycles. The first kappa shape index (κ1) is 51.7. The van der Waals surface area contributed by atoms with E-state index in [2.05, 4.69) is 25.7 Å². The minimum Gasteiger partial charge on any atom is -0.478 e. The van der Waals surface area contributed by atoms with Crippen molar-refractivity contribution in [2.45, 2.75) is 65.0 Å². The van der Waals surface area contributed by atoms with Crippen molar-refractivity contribution in [2.24, 2.45) is 5.92 Å². The number of nitrogens with one attached hydrogen (secondary N) is 1. The third-order valence-corrected chi connectivity index (χ3v) is 11.7. The predicted octanol–water partition coefficient (Wildman–Crippen LogP) is 12.4. The second-order valence-electron chi connectivity index (χ2n) is 17.2. The molecular weight excluding hydrogens is 911 g/mol. The summed E-state index contributed by atoms with van der Waals surface area (Å²) in [7, 11) is 0. The van der Waals surface area contributed by atoms with Crippen molar-refractivity contribution < 1.29 is 50.6 Å². The average molecular weight is 963 g/mol. The number of benzene rings is 6. The number of aromatic carboxylic acids is 1. The summed E-state index contributed by atoms with van der Waals surface area (Å²) in [5, 5.41) is 11.9. The number of anilines is 2. The van der Waals surface area contributed by atoms with Crippen LogP contribution >= 0.6 is 0 Å². The molecule has 364 valence electrons. The molecule has 0 aliphatic carbocycles. The zero-order valence-electron chi connectivity index (χ0n) is 38.5. The van der Waals surface area contributed by atoms with Gasteiger partial charge in [0.15, 0.2) is 0 Å². The largest absolute Gasteiger partial charge is 0.478 e. The Morgan fingerprint density at radius 1 is 0.643 bits per heavy atom. The molecule has 2 aliphatic rings. The molecule has 2 aliphatic heterocycles. The first-order chi connectivity index (χ1) is 33.2. The van der Waals surface area contributed by atoms with Gasteiger partial charge in [-0.2, -0.15) is 26.3 Å². The monoisotopic (exact) mass is 962 g/mol. The fourth-order valence-electron chi connectivity index (χ4n) is 8.09. The molecule has 6 aromatic carbocycles. The van der Waals surface area contributed by atoms with Crippen molar-refractivity contribution in [3.63, 3.8) is 0 Å². The summed E-state index contributed by atoms with van der Waals surface area (Å²) < 4.78 is 76.0. The second kappa shape index (κ2) is 22.6. The minimum absolute atomic E-state index is 0.0397. The molecular formula is C55H52F6N4O5. The molecule has 15 heteroatoms. The molecule has 0 atom stereocenters. The van der Waals surface area contributed by atoms with Crippen LogP contribution in [0.4, 0.5) is 37.7 Å². The zero-order valence-corrected chi connectivity index (χ0v) is 38.5. The summed E-state index contributed by atoms with van der Waals surface area (Å²) >= 11 is 0. The van der Waals surface area contributed by atoms with Gasteiger partial charge in [0.1, 0.15) is 0 Å². The minimum atomic E-state index is -4.42. The van der Waals surface area contributed by atoms with Gasteiger partial charge >= 0.3 is 18.3 Å². The van der Waals surface area contributed by atoms with E-state index < -0.39 is 29.4 Å². The number of alkyl halides is 6. The third kappa shape index (κ3) is 13.5. The topological polar surface area (TPSA) is 133 Å². The van der Waals surface area contributed by atoms with Gasteiger partial charge in [0, 0.05) is 56.0 Å². The number of carbonyl (C=O) groups excluding carboxylic acids is 3. The number of rotatable bonds is 9. The molecule has 70 heavy (non-hydrogen) atoms. The Morgan fingerprint density at radius 3 is 1.61 bits per heavy atom. The Balaban J connectivity index is 0.000000189. The number of halogens is 6. The molecule has 8 rings (SSSR count). The predicted molar refractivity (Wildman–Crippen MR) is 258 cm³/mol. The van der Waals surface area contributed by atoms with Crippen molar-refractivity contribution in [2.75, 3.05) is 24.1 Å². The van der Waals surface area contributed by atoms with Crippen molar-refractivity contribution in [1.82, 2.24) is 9.80 Å². The molecule has 9 nitrogen and oxygen atoms in total. The highest BCUT2D eigenvalue weighted by molar-refractivity contribution is 6.08. The Morgan fingerprint density at radius 2 is 1.11 bits per heavy atom. The third-order valence-electron chi connectivity index (χ3n) is 11.7. The van der Waals surface area contributed by atoms with Crippen LogP contribution < -0.4 is 11.1 Å². The van der Waals surface area contributed by atoms with Crippen molar-refractivity contribution in [3.8, 4) is 22.3 Å². The van der Waals surface area contributed by atoms with Crippen LogP contribution in [0.3, 0.4) is 0 Å². The fourth-order valence-corrected chi connectivity index (χ4v) is 8.09. The average Bonchev–Trinajstić information content (AvgIpc) is 3.33. The maximum atomic E-state index is 13.1. The number of amides is 3. The number of carboxylic acid groups (broad SMARTS) is 1. The van der Waals surface area contributed by atoms with Gasteiger partial charge in [-0.05, 0) is 124 Å². The highest BCUT2D eigenvalue weighted by Crippen LogP contribution is 2.34. The van der Waals surface area contributed by atoms with Crippen LogP contribution in [0.15, 0.2) is 146 Å². The first-order valence-electron chi connectivity index (χ1n) is 22.4. The van der Waals surface area contributed by atoms with Crippen LogP contribution in [0.2, 0.25) is 0 Å². The summed E-state index contributed by atoms with van der Waals surface area (Å²) in [5.74, 6) is -0.736. The van der Waals surface area contributed by atoms with Gasteiger partial charge in [-0.1, -0.05) is 92.7 Å². The molecule has 0 radical (unpaired) electrons. The second-order valence-corrected chi connectivity index (χ2v) is 17.2. The maximum Gasteiger partial charge on any atom is 0.416 e. The summed E-state index contributed by atoms with van der Waals surface area (Å²) in [6.45, 7) is 10.5. The summed E-state index contributed by atoms with van der Waals surface area (Å²) in [6, 6.07) is 33.7. The Hall–Kier alpha value is -7.68.